The molecule has 0 spiro atoms. The van der Waals surface area contributed by atoms with Gasteiger partial charge in [0.1, 0.15) is 0 Å². The van der Waals surface area contributed by atoms with Crippen LogP contribution in [0.2, 0.25) is 0 Å². The van der Waals surface area contributed by atoms with Gasteiger partial charge in [-0.15, -0.1) is 0 Å². The Hall–Kier alpha value is -6.70. The Labute approximate surface area is 330 Å². The lowest BCUT2D eigenvalue weighted by Gasteiger charge is -2.30. The van der Waals surface area contributed by atoms with E-state index in [4.69, 9.17) is 0 Å². The maximum atomic E-state index is 2.45. The van der Waals surface area contributed by atoms with Gasteiger partial charge in [-0.05, 0) is 167 Å². The highest BCUT2D eigenvalue weighted by Crippen LogP contribution is 2.52. The van der Waals surface area contributed by atoms with Gasteiger partial charge >= 0.3 is 0 Å². The maximum Gasteiger partial charge on any atom is 0.0493 e. The molecule has 0 atom stereocenters. The van der Waals surface area contributed by atoms with E-state index in [-0.39, 0.29) is 5.41 Å². The van der Waals surface area contributed by atoms with Crippen LogP contribution in [0.3, 0.4) is 0 Å². The van der Waals surface area contributed by atoms with E-state index in [1.54, 1.807) is 0 Å². The molecule has 1 nitrogen and oxygen atoms in total. The van der Waals surface area contributed by atoms with Crippen LogP contribution in [0.25, 0.3) is 77.2 Å². The summed E-state index contributed by atoms with van der Waals surface area (Å²) in [4.78, 5) is 2.45. The second-order valence-corrected chi connectivity index (χ2v) is 16.3. The summed E-state index contributed by atoms with van der Waals surface area (Å²) in [5, 5.41) is 5.02. The summed E-state index contributed by atoms with van der Waals surface area (Å²) in [5.41, 5.74) is 18.8. The molecule has 56 heavy (non-hydrogen) atoms. The van der Waals surface area contributed by atoms with Crippen LogP contribution < -0.4 is 4.90 Å². The van der Waals surface area contributed by atoms with Gasteiger partial charge < -0.3 is 4.90 Å². The van der Waals surface area contributed by atoms with E-state index in [1.165, 1.54) is 94.0 Å². The Morgan fingerprint density at radius 1 is 0.339 bits per heavy atom. The van der Waals surface area contributed by atoms with Crippen molar-refractivity contribution in [2.75, 3.05) is 4.90 Å². The van der Waals surface area contributed by atoms with Crippen molar-refractivity contribution >= 4 is 38.6 Å². The Balaban J connectivity index is 1.11. The largest absolute Gasteiger partial charge is 0.310 e. The Bertz CT molecular complexity index is 2930. The normalized spacial score (nSPS) is 11.9. The first-order chi connectivity index (χ1) is 27.3. The fourth-order valence-corrected chi connectivity index (χ4v) is 8.52. The molecule has 0 heterocycles. The Morgan fingerprint density at radius 3 is 1.36 bits per heavy atom. The van der Waals surface area contributed by atoms with Crippen LogP contribution in [-0.2, 0) is 5.41 Å². The van der Waals surface area contributed by atoms with Crippen molar-refractivity contribution in [2.45, 2.75) is 33.1 Å². The predicted octanol–water partition coefficient (Wildman–Crippen LogP) is 15.7. The minimum atomic E-state index is 0.0221. The second kappa shape index (κ2) is 13.3. The molecule has 0 aliphatic heterocycles. The average molecular weight is 718 g/mol. The zero-order valence-electron chi connectivity index (χ0n) is 32.3. The third kappa shape index (κ3) is 5.88. The number of rotatable bonds is 6. The highest BCUT2D eigenvalue weighted by Gasteiger charge is 2.26. The topological polar surface area (TPSA) is 3.24 Å². The molecule has 10 rings (SSSR count). The minimum absolute atomic E-state index is 0.0221. The maximum absolute atomic E-state index is 2.45. The number of hydrogen-bond acceptors (Lipinski definition) is 1. The van der Waals surface area contributed by atoms with Crippen molar-refractivity contribution in [1.29, 1.82) is 0 Å². The first kappa shape index (κ1) is 33.8. The minimum Gasteiger partial charge on any atom is -0.310 e. The molecule has 0 bridgehead atoms. The summed E-state index contributed by atoms with van der Waals surface area (Å²) >= 11 is 0. The number of anilines is 3. The van der Waals surface area contributed by atoms with E-state index in [9.17, 15) is 0 Å². The van der Waals surface area contributed by atoms with Crippen LogP contribution in [0.1, 0.15) is 31.9 Å². The monoisotopic (exact) mass is 717 g/mol. The summed E-state index contributed by atoms with van der Waals surface area (Å²) in [7, 11) is 0. The molecule has 268 valence electrons. The van der Waals surface area contributed by atoms with Gasteiger partial charge in [0.05, 0.1) is 0 Å². The molecule has 9 aromatic rings. The average Bonchev–Trinajstić information content (AvgIpc) is 3.23. The zero-order chi connectivity index (χ0) is 38.0. The van der Waals surface area contributed by atoms with E-state index in [2.05, 4.69) is 221 Å². The summed E-state index contributed by atoms with van der Waals surface area (Å²) in [5.74, 6) is 0. The molecule has 0 saturated heterocycles. The number of fused-ring (bicyclic) bond motifs is 6. The molecule has 1 aliphatic rings. The fourth-order valence-electron chi connectivity index (χ4n) is 8.52. The van der Waals surface area contributed by atoms with E-state index >= 15 is 0 Å². The second-order valence-electron chi connectivity index (χ2n) is 16.3. The van der Waals surface area contributed by atoms with Crippen molar-refractivity contribution in [3.05, 3.63) is 199 Å². The molecule has 0 amide bonds. The molecule has 9 aromatic carbocycles. The molecule has 0 N–H and O–H groups in total. The van der Waals surface area contributed by atoms with Crippen molar-refractivity contribution < 1.29 is 0 Å². The smallest absolute Gasteiger partial charge is 0.0493 e. The number of benzene rings is 9. The summed E-state index contributed by atoms with van der Waals surface area (Å²) in [6, 6.07) is 69.5. The quantitative estimate of drug-likeness (QED) is 0.166. The first-order valence-corrected chi connectivity index (χ1v) is 19.7. The Kier molecular flexibility index (Phi) is 8.01. The van der Waals surface area contributed by atoms with Crippen LogP contribution in [-0.4, -0.2) is 0 Å². The molecule has 0 radical (unpaired) electrons. The third-order valence-electron chi connectivity index (χ3n) is 11.6. The summed E-state index contributed by atoms with van der Waals surface area (Å²) in [6.07, 6.45) is 0. The van der Waals surface area contributed by atoms with E-state index in [0.717, 1.165) is 11.4 Å². The van der Waals surface area contributed by atoms with Crippen molar-refractivity contribution in [3.63, 3.8) is 0 Å². The number of hydrogen-bond donors (Lipinski definition) is 0. The molecular formula is C55H43N. The van der Waals surface area contributed by atoms with Crippen LogP contribution in [0, 0.1) is 6.92 Å². The van der Waals surface area contributed by atoms with Crippen LogP contribution in [0.15, 0.2) is 188 Å². The molecule has 1 heteroatoms. The summed E-state index contributed by atoms with van der Waals surface area (Å²) < 4.78 is 0. The lowest BCUT2D eigenvalue weighted by atomic mass is 9.77. The molecule has 0 fully saturated rings. The molecule has 1 aliphatic carbocycles. The van der Waals surface area contributed by atoms with Crippen LogP contribution in [0.4, 0.5) is 17.1 Å². The SMILES string of the molecule is Cc1ccc(C(C)(C)C)cc1N(c1cccc(-c2ccccc2)c1)c1ccc2cc3c(cc2c1)-c1cc2cc(-c4ccccc4)c(-c4ccccc4)cc2cc1-3. The van der Waals surface area contributed by atoms with Gasteiger partial charge in [-0.3, -0.25) is 0 Å². The van der Waals surface area contributed by atoms with E-state index < -0.39 is 0 Å². The lowest BCUT2D eigenvalue weighted by molar-refractivity contribution is 0.590. The number of aryl methyl sites for hydroxylation is 1. The Morgan fingerprint density at radius 2 is 0.804 bits per heavy atom. The van der Waals surface area contributed by atoms with Crippen molar-refractivity contribution in [1.82, 2.24) is 0 Å². The standard InChI is InChI=1S/C55H43N/c1-36-23-25-45(55(2,3)4)35-54(36)56(46-22-14-21-40(27-46)37-15-8-5-9-16-37)47-26-24-41-29-50-51(32-42(41)28-47)53-34-44-31-49(39-19-12-7-13-20-39)48(30-43(44)33-52(50)53)38-17-10-6-11-18-38/h5-35H,1-4H3. The van der Waals surface area contributed by atoms with Gasteiger partial charge in [-0.1, -0.05) is 142 Å². The fraction of sp³-hybridized carbons (Fsp3) is 0.0909. The molecule has 0 aromatic heterocycles. The third-order valence-corrected chi connectivity index (χ3v) is 11.6. The van der Waals surface area contributed by atoms with Crippen LogP contribution >= 0.6 is 0 Å². The van der Waals surface area contributed by atoms with E-state index in [0.29, 0.717) is 0 Å². The predicted molar refractivity (Wildman–Crippen MR) is 240 cm³/mol. The molecule has 0 saturated carbocycles. The zero-order valence-corrected chi connectivity index (χ0v) is 32.3. The molecular weight excluding hydrogens is 675 g/mol. The van der Waals surface area contributed by atoms with Gasteiger partial charge in [0, 0.05) is 17.1 Å². The molecule has 0 unspecified atom stereocenters. The van der Waals surface area contributed by atoms with Gasteiger partial charge in [0.15, 0.2) is 0 Å². The van der Waals surface area contributed by atoms with Gasteiger partial charge in [0.25, 0.3) is 0 Å². The van der Waals surface area contributed by atoms with E-state index in [1.807, 2.05) is 0 Å². The van der Waals surface area contributed by atoms with Crippen LogP contribution in [0.5, 0.6) is 0 Å². The first-order valence-electron chi connectivity index (χ1n) is 19.7. The summed E-state index contributed by atoms with van der Waals surface area (Å²) in [6.45, 7) is 9.11. The highest BCUT2D eigenvalue weighted by molar-refractivity contribution is 6.13. The van der Waals surface area contributed by atoms with Crippen molar-refractivity contribution in [3.8, 4) is 55.6 Å². The van der Waals surface area contributed by atoms with Crippen molar-refractivity contribution in [2.24, 2.45) is 0 Å². The number of nitrogens with zero attached hydrogens (tertiary/aromatic N) is 1. The van der Waals surface area contributed by atoms with Gasteiger partial charge in [0.2, 0.25) is 0 Å². The highest BCUT2D eigenvalue weighted by atomic mass is 15.1. The lowest BCUT2D eigenvalue weighted by Crippen LogP contribution is -2.15. The van der Waals surface area contributed by atoms with Gasteiger partial charge in [-0.2, -0.15) is 0 Å². The van der Waals surface area contributed by atoms with Gasteiger partial charge in [-0.25, -0.2) is 0 Å².